The van der Waals surface area contributed by atoms with Crippen molar-refractivity contribution in [3.8, 4) is 11.8 Å². The van der Waals surface area contributed by atoms with Gasteiger partial charge in [-0.25, -0.2) is 0 Å². The van der Waals surface area contributed by atoms with E-state index in [4.69, 9.17) is 5.73 Å². The molecule has 0 aromatic heterocycles. The topological polar surface area (TPSA) is 26.0 Å². The van der Waals surface area contributed by atoms with E-state index in [-0.39, 0.29) is 0 Å². The molecule has 2 aromatic carbocycles. The predicted molar refractivity (Wildman–Crippen MR) is 77.3 cm³/mol. The minimum absolute atomic E-state index is 0.750. The van der Waals surface area contributed by atoms with Gasteiger partial charge >= 0.3 is 0 Å². The molecule has 0 saturated carbocycles. The van der Waals surface area contributed by atoms with E-state index in [2.05, 4.69) is 43.0 Å². The lowest BCUT2D eigenvalue weighted by molar-refractivity contribution is 0.922. The lowest BCUT2D eigenvalue weighted by atomic mass is 10.1. The molecule has 0 fully saturated rings. The Morgan fingerprint density at radius 2 is 1.67 bits per heavy atom. The highest BCUT2D eigenvalue weighted by molar-refractivity contribution is 5.49. The van der Waals surface area contributed by atoms with Crippen molar-refractivity contribution in [3.63, 3.8) is 0 Å². The molecule has 0 aliphatic rings. The maximum Gasteiger partial charge on any atom is 0.0326 e. The number of nitrogen functional groups attached to an aromatic ring is 1. The van der Waals surface area contributed by atoms with Crippen LogP contribution in [0.15, 0.2) is 48.5 Å². The number of hydrogen-bond donors (Lipinski definition) is 1. The molecule has 2 aromatic rings. The molecule has 0 atom stereocenters. The first kappa shape index (κ1) is 12.3. The molecule has 2 N–H and O–H groups in total. The molecular formula is C17H17N. The van der Waals surface area contributed by atoms with Gasteiger partial charge < -0.3 is 5.73 Å². The van der Waals surface area contributed by atoms with E-state index in [9.17, 15) is 0 Å². The summed E-state index contributed by atoms with van der Waals surface area (Å²) in [6.45, 7) is 2.19. The van der Waals surface area contributed by atoms with Crippen LogP contribution in [-0.2, 0) is 6.42 Å². The predicted octanol–water partition coefficient (Wildman–Crippen LogP) is 3.62. The molecule has 0 bridgehead atoms. The van der Waals surface area contributed by atoms with Crippen molar-refractivity contribution in [1.29, 1.82) is 0 Å². The molecule has 0 aliphatic carbocycles. The first-order valence-corrected chi connectivity index (χ1v) is 6.24. The molecule has 90 valence electrons. The highest BCUT2D eigenvalue weighted by Crippen LogP contribution is 2.07. The van der Waals surface area contributed by atoms with Crippen molar-refractivity contribution in [2.45, 2.75) is 19.8 Å². The van der Waals surface area contributed by atoms with E-state index in [1.54, 1.807) is 0 Å². The Balaban J connectivity index is 2.14. The van der Waals surface area contributed by atoms with Gasteiger partial charge in [-0.1, -0.05) is 43.4 Å². The second-order valence-corrected chi connectivity index (χ2v) is 4.32. The van der Waals surface area contributed by atoms with Crippen molar-refractivity contribution in [2.24, 2.45) is 0 Å². The number of aryl methyl sites for hydroxylation is 1. The van der Waals surface area contributed by atoms with E-state index in [0.29, 0.717) is 0 Å². The summed E-state index contributed by atoms with van der Waals surface area (Å²) in [5.41, 5.74) is 9.82. The van der Waals surface area contributed by atoms with Crippen molar-refractivity contribution in [2.75, 3.05) is 5.73 Å². The fourth-order valence-electron chi connectivity index (χ4n) is 1.80. The Morgan fingerprint density at radius 1 is 0.944 bits per heavy atom. The van der Waals surface area contributed by atoms with Crippen LogP contribution in [0.4, 0.5) is 5.69 Å². The zero-order valence-electron chi connectivity index (χ0n) is 10.6. The van der Waals surface area contributed by atoms with Gasteiger partial charge in [-0.3, -0.25) is 0 Å². The average Bonchev–Trinajstić information content (AvgIpc) is 2.38. The van der Waals surface area contributed by atoms with Crippen molar-refractivity contribution >= 4 is 5.69 Å². The van der Waals surface area contributed by atoms with Crippen LogP contribution in [0, 0.1) is 11.8 Å². The van der Waals surface area contributed by atoms with E-state index in [1.807, 2.05) is 24.3 Å². The first-order valence-electron chi connectivity index (χ1n) is 6.24. The fraction of sp³-hybridized carbons (Fsp3) is 0.176. The van der Waals surface area contributed by atoms with Crippen molar-refractivity contribution in [1.82, 2.24) is 0 Å². The van der Waals surface area contributed by atoms with Gasteiger partial charge in [-0.15, -0.1) is 0 Å². The Hall–Kier alpha value is -2.20. The van der Waals surface area contributed by atoms with Gasteiger partial charge in [0.15, 0.2) is 0 Å². The Kier molecular flexibility index (Phi) is 4.04. The molecule has 1 heteroatoms. The monoisotopic (exact) mass is 235 g/mol. The SMILES string of the molecule is CCCc1ccc(C#Cc2cccc(N)c2)cc1. The molecule has 0 aliphatic heterocycles. The second-order valence-electron chi connectivity index (χ2n) is 4.32. The van der Waals surface area contributed by atoms with Crippen molar-refractivity contribution in [3.05, 3.63) is 65.2 Å². The molecule has 0 saturated heterocycles. The van der Waals surface area contributed by atoms with Gasteiger partial charge in [0.1, 0.15) is 0 Å². The van der Waals surface area contributed by atoms with Crippen LogP contribution in [0.2, 0.25) is 0 Å². The number of hydrogen-bond acceptors (Lipinski definition) is 1. The zero-order chi connectivity index (χ0) is 12.8. The highest BCUT2D eigenvalue weighted by Gasteiger charge is 1.91. The minimum Gasteiger partial charge on any atom is -0.399 e. The smallest absolute Gasteiger partial charge is 0.0326 e. The van der Waals surface area contributed by atoms with Crippen molar-refractivity contribution < 1.29 is 0 Å². The summed E-state index contributed by atoms with van der Waals surface area (Å²) in [6.07, 6.45) is 2.30. The van der Waals surface area contributed by atoms with Crippen LogP contribution >= 0.6 is 0 Å². The van der Waals surface area contributed by atoms with E-state index >= 15 is 0 Å². The largest absolute Gasteiger partial charge is 0.399 e. The molecule has 2 rings (SSSR count). The standard InChI is InChI=1S/C17H17N/c1-2-4-14-7-9-15(10-8-14)11-12-16-5-3-6-17(18)13-16/h3,5-10,13H,2,4,18H2,1H3. The van der Waals surface area contributed by atoms with Gasteiger partial charge in [-0.2, -0.15) is 0 Å². The van der Waals surface area contributed by atoms with Crippen LogP contribution in [0.25, 0.3) is 0 Å². The van der Waals surface area contributed by atoms with Crippen LogP contribution in [0.5, 0.6) is 0 Å². The zero-order valence-corrected chi connectivity index (χ0v) is 10.6. The fourth-order valence-corrected chi connectivity index (χ4v) is 1.80. The van der Waals surface area contributed by atoms with Gasteiger partial charge in [0.25, 0.3) is 0 Å². The molecule has 0 unspecified atom stereocenters. The summed E-state index contributed by atoms with van der Waals surface area (Å²) in [5.74, 6) is 6.28. The quantitative estimate of drug-likeness (QED) is 0.624. The summed E-state index contributed by atoms with van der Waals surface area (Å²) in [4.78, 5) is 0. The normalized spacial score (nSPS) is 9.61. The average molecular weight is 235 g/mol. The number of benzene rings is 2. The maximum absolute atomic E-state index is 5.71. The molecule has 0 amide bonds. The summed E-state index contributed by atoms with van der Waals surface area (Å²) < 4.78 is 0. The molecule has 0 spiro atoms. The van der Waals surface area contributed by atoms with E-state index in [1.165, 1.54) is 12.0 Å². The Labute approximate surface area is 109 Å². The van der Waals surface area contributed by atoms with E-state index < -0.39 is 0 Å². The van der Waals surface area contributed by atoms with Gasteiger partial charge in [-0.05, 0) is 42.3 Å². The van der Waals surface area contributed by atoms with Crippen LogP contribution in [-0.4, -0.2) is 0 Å². The summed E-state index contributed by atoms with van der Waals surface area (Å²) in [6, 6.07) is 16.1. The maximum atomic E-state index is 5.71. The number of anilines is 1. The lowest BCUT2D eigenvalue weighted by Crippen LogP contribution is -1.85. The third kappa shape index (κ3) is 3.40. The van der Waals surface area contributed by atoms with Gasteiger partial charge in [0.05, 0.1) is 0 Å². The van der Waals surface area contributed by atoms with E-state index in [0.717, 1.165) is 23.2 Å². The third-order valence-electron chi connectivity index (χ3n) is 2.73. The molecule has 1 nitrogen and oxygen atoms in total. The third-order valence-corrected chi connectivity index (χ3v) is 2.73. The van der Waals surface area contributed by atoms with Crippen LogP contribution < -0.4 is 5.73 Å². The van der Waals surface area contributed by atoms with Gasteiger partial charge in [0, 0.05) is 16.8 Å². The summed E-state index contributed by atoms with van der Waals surface area (Å²) in [5, 5.41) is 0. The molecule has 0 heterocycles. The second kappa shape index (κ2) is 5.93. The minimum atomic E-state index is 0.750. The number of nitrogens with two attached hydrogens (primary N) is 1. The van der Waals surface area contributed by atoms with Crippen LogP contribution in [0.3, 0.4) is 0 Å². The summed E-state index contributed by atoms with van der Waals surface area (Å²) in [7, 11) is 0. The lowest BCUT2D eigenvalue weighted by Gasteiger charge is -1.97. The molecule has 18 heavy (non-hydrogen) atoms. The number of rotatable bonds is 2. The molecular weight excluding hydrogens is 218 g/mol. The molecule has 0 radical (unpaired) electrons. The first-order chi connectivity index (χ1) is 8.78. The van der Waals surface area contributed by atoms with Crippen LogP contribution in [0.1, 0.15) is 30.0 Å². The Morgan fingerprint density at radius 3 is 2.33 bits per heavy atom. The highest BCUT2D eigenvalue weighted by atomic mass is 14.5. The van der Waals surface area contributed by atoms with Gasteiger partial charge in [0.2, 0.25) is 0 Å². The Bertz CT molecular complexity index is 571. The summed E-state index contributed by atoms with van der Waals surface area (Å²) >= 11 is 0.